The predicted molar refractivity (Wildman–Crippen MR) is 117 cm³/mol. The molecule has 0 saturated heterocycles. The lowest BCUT2D eigenvalue weighted by Gasteiger charge is -2.33. The van der Waals surface area contributed by atoms with Crippen LogP contribution in [0.4, 0.5) is 0 Å². The maximum atomic E-state index is 13.1. The van der Waals surface area contributed by atoms with Crippen molar-refractivity contribution < 1.29 is 19.1 Å². The number of carbonyl (C=O) groups is 2. The van der Waals surface area contributed by atoms with Crippen molar-refractivity contribution in [3.05, 3.63) is 60.2 Å². The number of hydrogen-bond donors (Lipinski definition) is 1. The van der Waals surface area contributed by atoms with Gasteiger partial charge in [0.1, 0.15) is 17.5 Å². The Kier molecular flexibility index (Phi) is 8.27. The summed E-state index contributed by atoms with van der Waals surface area (Å²) in [4.78, 5) is 27.6. The van der Waals surface area contributed by atoms with Crippen molar-refractivity contribution in [2.24, 2.45) is 0 Å². The van der Waals surface area contributed by atoms with Crippen molar-refractivity contribution in [2.75, 3.05) is 13.7 Å². The fourth-order valence-electron chi connectivity index (χ4n) is 3.04. The summed E-state index contributed by atoms with van der Waals surface area (Å²) in [6, 6.07) is 16.0. The fraction of sp³-hybridized carbons (Fsp3) is 0.417. The van der Waals surface area contributed by atoms with Crippen molar-refractivity contribution in [1.29, 1.82) is 0 Å². The molecule has 0 heterocycles. The molecule has 6 heteroatoms. The van der Waals surface area contributed by atoms with Crippen LogP contribution in [0.1, 0.15) is 39.7 Å². The number of amides is 2. The van der Waals surface area contributed by atoms with Crippen LogP contribution in [0, 0.1) is 0 Å². The Balaban J connectivity index is 2.22. The molecule has 2 aromatic rings. The minimum absolute atomic E-state index is 0.139. The van der Waals surface area contributed by atoms with E-state index in [1.807, 2.05) is 70.2 Å². The summed E-state index contributed by atoms with van der Waals surface area (Å²) >= 11 is 0. The second-order valence-corrected chi connectivity index (χ2v) is 8.13. The van der Waals surface area contributed by atoms with Crippen LogP contribution >= 0.6 is 0 Å². The maximum Gasteiger partial charge on any atom is 0.261 e. The highest BCUT2D eigenvalue weighted by molar-refractivity contribution is 5.88. The third kappa shape index (κ3) is 7.10. The van der Waals surface area contributed by atoms with E-state index in [1.54, 1.807) is 24.1 Å². The summed E-state index contributed by atoms with van der Waals surface area (Å²) in [6.45, 7) is 7.83. The Labute approximate surface area is 179 Å². The molecule has 0 radical (unpaired) electrons. The Morgan fingerprint density at radius 1 is 1.00 bits per heavy atom. The Morgan fingerprint density at radius 2 is 1.63 bits per heavy atom. The number of nitrogens with one attached hydrogen (secondary N) is 1. The smallest absolute Gasteiger partial charge is 0.261 e. The number of carbonyl (C=O) groups excluding carboxylic acids is 2. The van der Waals surface area contributed by atoms with Gasteiger partial charge >= 0.3 is 0 Å². The van der Waals surface area contributed by atoms with E-state index in [9.17, 15) is 9.59 Å². The highest BCUT2D eigenvalue weighted by Crippen LogP contribution is 2.17. The van der Waals surface area contributed by atoms with E-state index < -0.39 is 6.04 Å². The predicted octanol–water partition coefficient (Wildman–Crippen LogP) is 3.80. The van der Waals surface area contributed by atoms with E-state index in [2.05, 4.69) is 5.32 Å². The van der Waals surface area contributed by atoms with E-state index in [-0.39, 0.29) is 24.0 Å². The number of rotatable bonds is 9. The van der Waals surface area contributed by atoms with Crippen molar-refractivity contribution >= 4 is 11.8 Å². The molecular formula is C24H32N2O4. The Hall–Kier alpha value is -3.02. The lowest BCUT2D eigenvalue weighted by Crippen LogP contribution is -2.54. The number of methoxy groups -OCH3 is 1. The third-order valence-electron chi connectivity index (χ3n) is 4.50. The zero-order chi connectivity index (χ0) is 22.1. The second-order valence-electron chi connectivity index (χ2n) is 8.13. The van der Waals surface area contributed by atoms with Gasteiger partial charge in [-0.2, -0.15) is 0 Å². The van der Waals surface area contributed by atoms with Crippen LogP contribution in [0.25, 0.3) is 0 Å². The molecule has 6 nitrogen and oxygen atoms in total. The van der Waals surface area contributed by atoms with Gasteiger partial charge in [0.15, 0.2) is 6.61 Å². The first-order valence-corrected chi connectivity index (χ1v) is 10.2. The molecule has 0 spiro atoms. The topological polar surface area (TPSA) is 67.9 Å². The first-order valence-electron chi connectivity index (χ1n) is 10.2. The van der Waals surface area contributed by atoms with E-state index >= 15 is 0 Å². The number of para-hydroxylation sites is 1. The molecule has 0 fully saturated rings. The van der Waals surface area contributed by atoms with Gasteiger partial charge in [-0.25, -0.2) is 0 Å². The second kappa shape index (κ2) is 10.7. The molecule has 1 atom stereocenters. The largest absolute Gasteiger partial charge is 0.497 e. The number of nitrogens with zero attached hydrogens (tertiary/aromatic N) is 1. The van der Waals surface area contributed by atoms with Crippen LogP contribution in [0.3, 0.4) is 0 Å². The summed E-state index contributed by atoms with van der Waals surface area (Å²) in [5.41, 5.74) is 0.519. The zero-order valence-corrected chi connectivity index (χ0v) is 18.5. The summed E-state index contributed by atoms with van der Waals surface area (Å²) in [5, 5.41) is 2.99. The molecule has 0 aromatic heterocycles. The van der Waals surface area contributed by atoms with E-state index in [0.29, 0.717) is 18.7 Å². The van der Waals surface area contributed by atoms with Crippen molar-refractivity contribution in [2.45, 2.75) is 52.2 Å². The molecule has 1 unspecified atom stereocenters. The van der Waals surface area contributed by atoms with Crippen molar-refractivity contribution in [3.8, 4) is 11.5 Å². The normalized spacial score (nSPS) is 12.0. The third-order valence-corrected chi connectivity index (χ3v) is 4.50. The van der Waals surface area contributed by atoms with Gasteiger partial charge in [-0.1, -0.05) is 37.3 Å². The van der Waals surface area contributed by atoms with Gasteiger partial charge in [-0.05, 0) is 57.0 Å². The lowest BCUT2D eigenvalue weighted by molar-refractivity contribution is -0.143. The van der Waals surface area contributed by atoms with Crippen molar-refractivity contribution in [3.63, 3.8) is 0 Å². The average molecular weight is 413 g/mol. The average Bonchev–Trinajstić information content (AvgIpc) is 2.71. The van der Waals surface area contributed by atoms with Gasteiger partial charge in [-0.15, -0.1) is 0 Å². The molecule has 30 heavy (non-hydrogen) atoms. The molecule has 2 amide bonds. The first kappa shape index (κ1) is 23.3. The SMILES string of the molecule is CCC(C(=O)NC(C)(C)C)N(Cc1ccc(OC)cc1)C(=O)COc1ccccc1. The summed E-state index contributed by atoms with van der Waals surface area (Å²) < 4.78 is 10.9. The number of benzene rings is 2. The van der Waals surface area contributed by atoms with Gasteiger partial charge in [-0.3, -0.25) is 9.59 Å². The molecule has 0 aliphatic heterocycles. The fourth-order valence-corrected chi connectivity index (χ4v) is 3.04. The lowest BCUT2D eigenvalue weighted by atomic mass is 10.1. The van der Waals surface area contributed by atoms with Gasteiger partial charge in [0.2, 0.25) is 5.91 Å². The minimum atomic E-state index is -0.599. The highest BCUT2D eigenvalue weighted by atomic mass is 16.5. The minimum Gasteiger partial charge on any atom is -0.497 e. The van der Waals surface area contributed by atoms with Gasteiger partial charge in [0.25, 0.3) is 5.91 Å². The van der Waals surface area contributed by atoms with E-state index in [1.165, 1.54) is 0 Å². The Morgan fingerprint density at radius 3 is 2.17 bits per heavy atom. The molecule has 2 aromatic carbocycles. The summed E-state index contributed by atoms with van der Waals surface area (Å²) in [6.07, 6.45) is 0.495. The first-order chi connectivity index (χ1) is 14.2. The highest BCUT2D eigenvalue weighted by Gasteiger charge is 2.30. The molecule has 0 saturated carbocycles. The van der Waals surface area contributed by atoms with Crippen LogP contribution in [-0.2, 0) is 16.1 Å². The van der Waals surface area contributed by atoms with Gasteiger partial charge < -0.3 is 19.7 Å². The zero-order valence-electron chi connectivity index (χ0n) is 18.5. The standard InChI is InChI=1S/C24H32N2O4/c1-6-21(23(28)25-24(2,3)4)26(16-18-12-14-19(29-5)15-13-18)22(27)17-30-20-10-8-7-9-11-20/h7-15,21H,6,16-17H2,1-5H3,(H,25,28). The van der Waals surface area contributed by atoms with Crippen LogP contribution in [0.2, 0.25) is 0 Å². The van der Waals surface area contributed by atoms with E-state index in [4.69, 9.17) is 9.47 Å². The molecule has 2 rings (SSSR count). The Bertz CT molecular complexity index is 813. The quantitative estimate of drug-likeness (QED) is 0.680. The number of hydrogen-bond acceptors (Lipinski definition) is 4. The summed E-state index contributed by atoms with van der Waals surface area (Å²) in [5.74, 6) is 0.932. The van der Waals surface area contributed by atoms with Gasteiger partial charge in [0, 0.05) is 12.1 Å². The molecule has 162 valence electrons. The molecule has 0 bridgehead atoms. The van der Waals surface area contributed by atoms with Crippen LogP contribution in [-0.4, -0.2) is 42.0 Å². The van der Waals surface area contributed by atoms with E-state index in [0.717, 1.165) is 11.3 Å². The number of ether oxygens (including phenoxy) is 2. The van der Waals surface area contributed by atoms with Crippen molar-refractivity contribution in [1.82, 2.24) is 10.2 Å². The molecule has 1 N–H and O–H groups in total. The molecular weight excluding hydrogens is 380 g/mol. The van der Waals surface area contributed by atoms with Gasteiger partial charge in [0.05, 0.1) is 7.11 Å². The molecule has 0 aliphatic rings. The van der Waals surface area contributed by atoms with Crippen LogP contribution in [0.15, 0.2) is 54.6 Å². The molecule has 0 aliphatic carbocycles. The maximum absolute atomic E-state index is 13.1. The van der Waals surface area contributed by atoms with Crippen LogP contribution in [0.5, 0.6) is 11.5 Å². The monoisotopic (exact) mass is 412 g/mol. The van der Waals surface area contributed by atoms with Crippen LogP contribution < -0.4 is 14.8 Å². The summed E-state index contributed by atoms with van der Waals surface area (Å²) in [7, 11) is 1.61.